The summed E-state index contributed by atoms with van der Waals surface area (Å²) in [5.41, 5.74) is 0. The van der Waals surface area contributed by atoms with Crippen LogP contribution >= 0.6 is 20.0 Å². The molecule has 1 unspecified atom stereocenters. The monoisotopic (exact) mass is 242 g/mol. The van der Waals surface area contributed by atoms with Crippen molar-refractivity contribution in [1.82, 2.24) is 0 Å². The molecule has 0 heterocycles. The van der Waals surface area contributed by atoms with Gasteiger partial charge in [-0.2, -0.15) is 0 Å². The molecular weight excluding hydrogens is 227 g/mol. The van der Waals surface area contributed by atoms with Gasteiger partial charge in [0.25, 0.3) is 0 Å². The lowest BCUT2D eigenvalue weighted by molar-refractivity contribution is -0.141. The van der Waals surface area contributed by atoms with E-state index in [-0.39, 0.29) is 0 Å². The van der Waals surface area contributed by atoms with Crippen molar-refractivity contribution in [3.8, 4) is 0 Å². The topological polar surface area (TPSA) is 44.8 Å². The predicted molar refractivity (Wildman–Crippen MR) is 56.4 cm³/mol. The molecule has 0 saturated carbocycles. The van der Waals surface area contributed by atoms with Crippen molar-refractivity contribution in [2.24, 2.45) is 0 Å². The van der Waals surface area contributed by atoms with Gasteiger partial charge in [0.1, 0.15) is 0 Å². The van der Waals surface area contributed by atoms with E-state index < -0.39 is 19.5 Å². The van der Waals surface area contributed by atoms with Crippen LogP contribution in [0.4, 0.5) is 0 Å². The second-order valence-corrected chi connectivity index (χ2v) is 4.55. The van der Waals surface area contributed by atoms with Crippen molar-refractivity contribution < 1.29 is 18.6 Å². The predicted octanol–water partition coefficient (Wildman–Crippen LogP) is 2.50. The molecule has 0 saturated heterocycles. The number of hydrogen-bond donors (Lipinski definition) is 0. The molecule has 0 aromatic carbocycles. The second-order valence-electron chi connectivity index (χ2n) is 2.21. The zero-order chi connectivity index (χ0) is 11.0. The minimum atomic E-state index is -1.38. The Morgan fingerprint density at radius 3 is 2.07 bits per heavy atom. The smallest absolute Gasteiger partial charge is 0.333 e. The number of rotatable bonds is 7. The average Bonchev–Trinajstić information content (AvgIpc) is 2.17. The number of hydrogen-bond acceptors (Lipinski definition) is 4. The van der Waals surface area contributed by atoms with E-state index in [4.69, 9.17) is 25.4 Å². The van der Waals surface area contributed by atoms with Crippen molar-refractivity contribution in [2.75, 3.05) is 19.8 Å². The van der Waals surface area contributed by atoms with E-state index >= 15 is 0 Å². The van der Waals surface area contributed by atoms with E-state index in [1.807, 2.05) is 13.8 Å². The Hall–Kier alpha value is 0.110. The average molecular weight is 243 g/mol. The Kier molecular flexibility index (Phi) is 8.49. The van der Waals surface area contributed by atoms with Crippen molar-refractivity contribution in [2.45, 2.75) is 25.9 Å². The summed E-state index contributed by atoms with van der Waals surface area (Å²) in [4.78, 5) is 11.2. The van der Waals surface area contributed by atoms with E-state index in [1.165, 1.54) is 0 Å². The van der Waals surface area contributed by atoms with Gasteiger partial charge in [0.2, 0.25) is 8.38 Å². The van der Waals surface area contributed by atoms with Gasteiger partial charge in [0.05, 0.1) is 19.8 Å². The van der Waals surface area contributed by atoms with Gasteiger partial charge in [-0.05, 0) is 20.8 Å². The van der Waals surface area contributed by atoms with Crippen LogP contribution in [0.15, 0.2) is 0 Å². The molecule has 1 atom stereocenters. The summed E-state index contributed by atoms with van der Waals surface area (Å²) in [5.74, 6) is -0.484. The van der Waals surface area contributed by atoms with Gasteiger partial charge in [0.15, 0.2) is 5.12 Å². The van der Waals surface area contributed by atoms with Gasteiger partial charge < -0.3 is 13.8 Å². The quantitative estimate of drug-likeness (QED) is 0.391. The van der Waals surface area contributed by atoms with Gasteiger partial charge in [-0.15, -0.1) is 11.6 Å². The third kappa shape index (κ3) is 5.11. The lowest BCUT2D eigenvalue weighted by atomic mass is 10.7. The number of alkyl halides is 1. The largest absolute Gasteiger partial charge is 0.464 e. The van der Waals surface area contributed by atoms with Crippen LogP contribution in [-0.4, -0.2) is 30.9 Å². The van der Waals surface area contributed by atoms with Crippen molar-refractivity contribution in [3.05, 3.63) is 0 Å². The maximum Gasteiger partial charge on any atom is 0.333 e. The van der Waals surface area contributed by atoms with Crippen LogP contribution in [0, 0.1) is 0 Å². The van der Waals surface area contributed by atoms with Crippen LogP contribution in [0.1, 0.15) is 20.8 Å². The first-order valence-corrected chi connectivity index (χ1v) is 6.21. The van der Waals surface area contributed by atoms with Gasteiger partial charge >= 0.3 is 5.97 Å². The van der Waals surface area contributed by atoms with E-state index in [0.717, 1.165) is 0 Å². The first-order chi connectivity index (χ1) is 6.67. The molecule has 6 heteroatoms. The molecular formula is C8H16ClO4P. The molecule has 0 rings (SSSR count). The van der Waals surface area contributed by atoms with Gasteiger partial charge in [-0.25, -0.2) is 4.79 Å². The highest BCUT2D eigenvalue weighted by Crippen LogP contribution is 2.46. The Balaban J connectivity index is 4.11. The lowest BCUT2D eigenvalue weighted by Crippen LogP contribution is -2.18. The summed E-state index contributed by atoms with van der Waals surface area (Å²) in [6, 6.07) is 0. The Labute approximate surface area is 90.8 Å². The van der Waals surface area contributed by atoms with Gasteiger partial charge in [-0.1, -0.05) is 0 Å². The summed E-state index contributed by atoms with van der Waals surface area (Å²) in [7, 11) is -1.38. The van der Waals surface area contributed by atoms with Crippen LogP contribution in [0.3, 0.4) is 0 Å². The molecule has 4 nitrogen and oxygen atoms in total. The molecule has 0 amide bonds. The highest BCUT2D eigenvalue weighted by molar-refractivity contribution is 7.51. The Bertz CT molecular complexity index is 161. The summed E-state index contributed by atoms with van der Waals surface area (Å²) in [5, 5.41) is -0.843. The van der Waals surface area contributed by atoms with Crippen LogP contribution in [0.2, 0.25) is 0 Å². The fourth-order valence-corrected chi connectivity index (χ4v) is 2.21. The van der Waals surface area contributed by atoms with E-state index in [2.05, 4.69) is 0 Å². The molecule has 0 radical (unpaired) electrons. The molecule has 14 heavy (non-hydrogen) atoms. The number of ether oxygens (including phenoxy) is 1. The highest BCUT2D eigenvalue weighted by Gasteiger charge is 2.29. The Morgan fingerprint density at radius 2 is 1.71 bits per heavy atom. The number of carbonyl (C=O) groups excluding carboxylic acids is 1. The SMILES string of the molecule is CCOC(=O)C(Cl)P(OCC)OCC. The molecule has 0 aliphatic carbocycles. The van der Waals surface area contributed by atoms with Gasteiger partial charge in [0, 0.05) is 0 Å². The third-order valence-electron chi connectivity index (χ3n) is 1.18. The minimum Gasteiger partial charge on any atom is -0.464 e. The van der Waals surface area contributed by atoms with Crippen LogP contribution in [0.25, 0.3) is 0 Å². The van der Waals surface area contributed by atoms with Crippen LogP contribution in [0.5, 0.6) is 0 Å². The molecule has 0 N–H and O–H groups in total. The van der Waals surface area contributed by atoms with E-state index in [1.54, 1.807) is 6.92 Å². The maximum atomic E-state index is 11.2. The maximum absolute atomic E-state index is 11.2. The molecule has 0 bridgehead atoms. The minimum absolute atomic E-state index is 0.309. The number of halogens is 1. The summed E-state index contributed by atoms with van der Waals surface area (Å²) in [6.07, 6.45) is 0. The van der Waals surface area contributed by atoms with E-state index in [9.17, 15) is 4.79 Å². The highest BCUT2D eigenvalue weighted by atomic mass is 35.5. The fourth-order valence-electron chi connectivity index (χ4n) is 0.720. The van der Waals surface area contributed by atoms with Crippen molar-refractivity contribution >= 4 is 25.9 Å². The molecule has 84 valence electrons. The summed E-state index contributed by atoms with van der Waals surface area (Å²) in [6.45, 7) is 6.61. The Morgan fingerprint density at radius 1 is 1.21 bits per heavy atom. The zero-order valence-corrected chi connectivity index (χ0v) is 10.3. The van der Waals surface area contributed by atoms with Crippen LogP contribution < -0.4 is 0 Å². The molecule has 0 spiro atoms. The molecule has 0 aliphatic rings. The normalized spacial score (nSPS) is 12.9. The summed E-state index contributed by atoms with van der Waals surface area (Å²) < 4.78 is 15.2. The third-order valence-corrected chi connectivity index (χ3v) is 3.44. The van der Waals surface area contributed by atoms with Crippen molar-refractivity contribution in [3.63, 3.8) is 0 Å². The lowest BCUT2D eigenvalue weighted by Gasteiger charge is -2.19. The zero-order valence-electron chi connectivity index (χ0n) is 8.66. The van der Waals surface area contributed by atoms with Crippen LogP contribution in [-0.2, 0) is 18.6 Å². The van der Waals surface area contributed by atoms with Gasteiger partial charge in [-0.3, -0.25) is 0 Å². The standard InChI is InChI=1S/C8H16ClO4P/c1-4-11-8(10)7(9)14(12-5-2)13-6-3/h7H,4-6H2,1-3H3. The molecule has 0 aromatic rings. The van der Waals surface area contributed by atoms with E-state index in [0.29, 0.717) is 19.8 Å². The molecule has 0 aliphatic heterocycles. The first kappa shape index (κ1) is 14.1. The van der Waals surface area contributed by atoms with Crippen molar-refractivity contribution in [1.29, 1.82) is 0 Å². The first-order valence-electron chi connectivity index (χ1n) is 4.53. The molecule has 0 aromatic heterocycles. The number of esters is 1. The summed E-state index contributed by atoms with van der Waals surface area (Å²) >= 11 is 5.84. The molecule has 0 fully saturated rings. The second kappa shape index (κ2) is 8.42. The fraction of sp³-hybridized carbons (Fsp3) is 0.875. The number of carbonyl (C=O) groups is 1.